The number of nitrogens with one attached hydrogen (secondary N) is 1. The van der Waals surface area contributed by atoms with Gasteiger partial charge in [-0.2, -0.15) is 0 Å². The maximum atomic E-state index is 15.0. The average Bonchev–Trinajstić information content (AvgIpc) is 3.06. The quantitative estimate of drug-likeness (QED) is 0.196. The molecule has 10 heteroatoms. The van der Waals surface area contributed by atoms with Gasteiger partial charge in [0.25, 0.3) is 10.0 Å². The minimum atomic E-state index is -4.26. The SMILES string of the molecule is CC[C@@H](C)NC(=O)[C@H](Cc1ccccc1)N(Cc1ccccc1F)C(=O)CN(c1cccc(OC)c1)S(=O)(=O)c1ccccc1. The van der Waals surface area contributed by atoms with Crippen LogP contribution >= 0.6 is 0 Å². The molecule has 1 N–H and O–H groups in total. The van der Waals surface area contributed by atoms with E-state index in [1.165, 1.54) is 36.3 Å². The number of benzene rings is 4. The van der Waals surface area contributed by atoms with Crippen LogP contribution in [0.3, 0.4) is 0 Å². The molecule has 45 heavy (non-hydrogen) atoms. The molecule has 4 aromatic carbocycles. The number of sulfonamides is 1. The Labute approximate surface area is 264 Å². The van der Waals surface area contributed by atoms with E-state index in [4.69, 9.17) is 4.74 Å². The van der Waals surface area contributed by atoms with Crippen molar-refractivity contribution in [2.75, 3.05) is 18.0 Å². The van der Waals surface area contributed by atoms with E-state index in [0.29, 0.717) is 12.2 Å². The summed E-state index contributed by atoms with van der Waals surface area (Å²) in [6.45, 7) is 2.88. The first-order valence-corrected chi connectivity index (χ1v) is 16.2. The number of rotatable bonds is 14. The lowest BCUT2D eigenvalue weighted by Gasteiger charge is -2.34. The van der Waals surface area contributed by atoms with E-state index in [-0.39, 0.29) is 35.2 Å². The molecule has 0 aromatic heterocycles. The van der Waals surface area contributed by atoms with Gasteiger partial charge in [-0.3, -0.25) is 13.9 Å². The zero-order valence-corrected chi connectivity index (χ0v) is 26.4. The van der Waals surface area contributed by atoms with Crippen LogP contribution < -0.4 is 14.4 Å². The average molecular weight is 632 g/mol. The molecule has 0 saturated carbocycles. The summed E-state index contributed by atoms with van der Waals surface area (Å²) < 4.78 is 49.5. The lowest BCUT2D eigenvalue weighted by molar-refractivity contribution is -0.140. The van der Waals surface area contributed by atoms with Crippen LogP contribution in [0, 0.1) is 5.82 Å². The summed E-state index contributed by atoms with van der Waals surface area (Å²) in [6.07, 6.45) is 0.790. The largest absolute Gasteiger partial charge is 0.497 e. The molecule has 0 radical (unpaired) electrons. The number of nitrogens with zero attached hydrogens (tertiary/aromatic N) is 2. The predicted molar refractivity (Wildman–Crippen MR) is 173 cm³/mol. The molecule has 0 fully saturated rings. The Morgan fingerprint density at radius 3 is 2.18 bits per heavy atom. The van der Waals surface area contributed by atoms with E-state index in [9.17, 15) is 18.0 Å². The molecular formula is C35H38FN3O5S. The summed E-state index contributed by atoms with van der Waals surface area (Å²) in [5, 5.41) is 2.97. The smallest absolute Gasteiger partial charge is 0.264 e. The van der Waals surface area contributed by atoms with Gasteiger partial charge >= 0.3 is 0 Å². The standard InChI is InChI=1S/C35H38FN3O5S/c1-4-26(2)37-35(41)33(22-27-14-7-5-8-15-27)38(24-28-16-11-12-21-32(28)36)34(40)25-39(29-17-13-18-30(23-29)44-3)45(42,43)31-19-9-6-10-20-31/h5-21,23,26,33H,4,22,24-25H2,1-3H3,(H,37,41)/t26-,33+/m1/s1. The Morgan fingerprint density at radius 1 is 0.889 bits per heavy atom. The molecule has 2 amide bonds. The molecule has 0 unspecified atom stereocenters. The van der Waals surface area contributed by atoms with E-state index >= 15 is 4.39 Å². The van der Waals surface area contributed by atoms with Crippen molar-refractivity contribution in [2.24, 2.45) is 0 Å². The number of anilines is 1. The summed E-state index contributed by atoms with van der Waals surface area (Å²) in [5.74, 6) is -1.25. The zero-order chi connectivity index (χ0) is 32.4. The Kier molecular flexibility index (Phi) is 11.3. The van der Waals surface area contributed by atoms with Crippen LogP contribution in [-0.4, -0.2) is 50.9 Å². The van der Waals surface area contributed by atoms with Crippen molar-refractivity contribution in [3.8, 4) is 5.75 Å². The zero-order valence-electron chi connectivity index (χ0n) is 25.6. The van der Waals surface area contributed by atoms with E-state index in [2.05, 4.69) is 5.32 Å². The fraction of sp³-hybridized carbons (Fsp3) is 0.257. The lowest BCUT2D eigenvalue weighted by atomic mass is 10.0. The first kappa shape index (κ1) is 33.2. The fourth-order valence-corrected chi connectivity index (χ4v) is 6.25. The first-order chi connectivity index (χ1) is 21.6. The Morgan fingerprint density at radius 2 is 1.53 bits per heavy atom. The third kappa shape index (κ3) is 8.48. The minimum absolute atomic E-state index is 0.0170. The van der Waals surface area contributed by atoms with Gasteiger partial charge < -0.3 is 15.0 Å². The number of hydrogen-bond acceptors (Lipinski definition) is 5. The van der Waals surface area contributed by atoms with Gasteiger partial charge in [0.15, 0.2) is 0 Å². The van der Waals surface area contributed by atoms with Gasteiger partial charge in [0.05, 0.1) is 17.7 Å². The van der Waals surface area contributed by atoms with Crippen LogP contribution in [0.25, 0.3) is 0 Å². The van der Waals surface area contributed by atoms with Gasteiger partial charge in [0.2, 0.25) is 11.8 Å². The Balaban J connectivity index is 1.82. The second kappa shape index (κ2) is 15.3. The highest BCUT2D eigenvalue weighted by molar-refractivity contribution is 7.92. The minimum Gasteiger partial charge on any atom is -0.497 e. The Hall–Kier alpha value is -4.70. The van der Waals surface area contributed by atoms with Gasteiger partial charge in [-0.15, -0.1) is 0 Å². The molecule has 0 heterocycles. The number of halogens is 1. The number of ether oxygens (including phenoxy) is 1. The highest BCUT2D eigenvalue weighted by Crippen LogP contribution is 2.28. The van der Waals surface area contributed by atoms with Gasteiger partial charge in [-0.05, 0) is 49.2 Å². The third-order valence-electron chi connectivity index (χ3n) is 7.52. The van der Waals surface area contributed by atoms with Crippen LogP contribution in [0.1, 0.15) is 31.4 Å². The van der Waals surface area contributed by atoms with Crippen molar-refractivity contribution in [1.29, 1.82) is 0 Å². The normalized spacial score (nSPS) is 12.5. The number of carbonyl (C=O) groups is 2. The third-order valence-corrected chi connectivity index (χ3v) is 9.31. The summed E-state index contributed by atoms with van der Waals surface area (Å²) >= 11 is 0. The fourth-order valence-electron chi connectivity index (χ4n) is 4.82. The van der Waals surface area contributed by atoms with Gasteiger partial charge in [-0.25, -0.2) is 12.8 Å². The van der Waals surface area contributed by atoms with Crippen LogP contribution in [-0.2, 0) is 32.6 Å². The molecule has 0 aliphatic heterocycles. The molecule has 0 saturated heterocycles. The second-order valence-corrected chi connectivity index (χ2v) is 12.5. The van der Waals surface area contributed by atoms with Crippen molar-refractivity contribution < 1.29 is 27.1 Å². The highest BCUT2D eigenvalue weighted by atomic mass is 32.2. The molecule has 4 rings (SSSR count). The van der Waals surface area contributed by atoms with Gasteiger partial charge in [0.1, 0.15) is 24.2 Å². The molecular weight excluding hydrogens is 593 g/mol. The number of amides is 2. The van der Waals surface area contributed by atoms with Crippen molar-refractivity contribution in [1.82, 2.24) is 10.2 Å². The van der Waals surface area contributed by atoms with E-state index < -0.39 is 40.2 Å². The van der Waals surface area contributed by atoms with Crippen molar-refractivity contribution in [3.63, 3.8) is 0 Å². The van der Waals surface area contributed by atoms with E-state index in [1.54, 1.807) is 54.6 Å². The van der Waals surface area contributed by atoms with E-state index in [0.717, 1.165) is 9.87 Å². The lowest BCUT2D eigenvalue weighted by Crippen LogP contribution is -2.54. The highest BCUT2D eigenvalue weighted by Gasteiger charge is 2.35. The summed E-state index contributed by atoms with van der Waals surface area (Å²) in [5.41, 5.74) is 1.18. The van der Waals surface area contributed by atoms with Crippen LogP contribution in [0.15, 0.2) is 114 Å². The second-order valence-electron chi connectivity index (χ2n) is 10.7. The van der Waals surface area contributed by atoms with Crippen molar-refractivity contribution in [3.05, 3.63) is 126 Å². The molecule has 8 nitrogen and oxygen atoms in total. The van der Waals surface area contributed by atoms with Gasteiger partial charge in [0, 0.05) is 30.6 Å². The van der Waals surface area contributed by atoms with Crippen LogP contribution in [0.2, 0.25) is 0 Å². The van der Waals surface area contributed by atoms with Crippen molar-refractivity contribution in [2.45, 2.75) is 50.2 Å². The molecule has 0 aliphatic rings. The predicted octanol–water partition coefficient (Wildman–Crippen LogP) is 5.58. The Bertz CT molecular complexity index is 1690. The molecule has 236 valence electrons. The number of carbonyl (C=O) groups excluding carboxylic acids is 2. The molecule has 0 bridgehead atoms. The van der Waals surface area contributed by atoms with E-state index in [1.807, 2.05) is 44.2 Å². The monoisotopic (exact) mass is 631 g/mol. The maximum Gasteiger partial charge on any atom is 0.264 e. The summed E-state index contributed by atoms with van der Waals surface area (Å²) in [4.78, 5) is 29.6. The molecule has 0 spiro atoms. The molecule has 2 atom stereocenters. The maximum absolute atomic E-state index is 15.0. The summed E-state index contributed by atoms with van der Waals surface area (Å²) in [6, 6.07) is 28.1. The first-order valence-electron chi connectivity index (χ1n) is 14.7. The van der Waals surface area contributed by atoms with Gasteiger partial charge in [-0.1, -0.05) is 79.7 Å². The topological polar surface area (TPSA) is 96.0 Å². The number of methoxy groups -OCH3 is 1. The number of hydrogen-bond donors (Lipinski definition) is 1. The molecule has 0 aliphatic carbocycles. The van der Waals surface area contributed by atoms with Crippen molar-refractivity contribution >= 4 is 27.5 Å². The summed E-state index contributed by atoms with van der Waals surface area (Å²) in [7, 11) is -2.80. The van der Waals surface area contributed by atoms with Crippen LogP contribution in [0.5, 0.6) is 5.75 Å². The molecule has 4 aromatic rings. The van der Waals surface area contributed by atoms with Crippen LogP contribution in [0.4, 0.5) is 10.1 Å².